The molecule has 0 aliphatic carbocycles. The minimum atomic E-state index is -0.327. The summed E-state index contributed by atoms with van der Waals surface area (Å²) in [7, 11) is 0. The molecule has 1 fully saturated rings. The van der Waals surface area contributed by atoms with Crippen LogP contribution in [0.2, 0.25) is 0 Å². The molecule has 0 unspecified atom stereocenters. The molecule has 78 valence electrons. The lowest BCUT2D eigenvalue weighted by atomic mass is 10.1. The number of amides is 1. The van der Waals surface area contributed by atoms with Crippen molar-refractivity contribution in [2.45, 2.75) is 25.4 Å². The van der Waals surface area contributed by atoms with Crippen LogP contribution in [-0.2, 0) is 4.74 Å². The molecule has 0 spiro atoms. The molecule has 1 rings (SSSR count). The largest absolute Gasteiger partial charge is 0.448 e. The van der Waals surface area contributed by atoms with Gasteiger partial charge in [-0.3, -0.25) is 0 Å². The zero-order valence-electron chi connectivity index (χ0n) is 8.11. The fourth-order valence-electron chi connectivity index (χ4n) is 1.34. The van der Waals surface area contributed by atoms with E-state index < -0.39 is 0 Å². The number of piperidine rings is 1. The van der Waals surface area contributed by atoms with Crippen LogP contribution >= 0.6 is 0 Å². The summed E-state index contributed by atoms with van der Waals surface area (Å²) in [5.41, 5.74) is 0. The number of nitrogens with zero attached hydrogens (tertiary/aromatic N) is 1. The molecule has 1 heterocycles. The fraction of sp³-hybridized carbons (Fsp3) is 0.700. The van der Waals surface area contributed by atoms with Crippen molar-refractivity contribution in [3.05, 3.63) is 0 Å². The van der Waals surface area contributed by atoms with Crippen LogP contribution in [0.1, 0.15) is 19.3 Å². The number of rotatable bonds is 2. The first kappa shape index (κ1) is 10.9. The Labute approximate surface area is 83.8 Å². The van der Waals surface area contributed by atoms with Crippen molar-refractivity contribution in [2.24, 2.45) is 0 Å². The van der Waals surface area contributed by atoms with Gasteiger partial charge in [0.2, 0.25) is 0 Å². The Balaban J connectivity index is 2.21. The van der Waals surface area contributed by atoms with E-state index in [0.29, 0.717) is 32.4 Å². The second-order valence-corrected chi connectivity index (χ2v) is 3.29. The van der Waals surface area contributed by atoms with E-state index in [1.807, 2.05) is 0 Å². The minimum absolute atomic E-state index is 0.272. The molecular weight excluding hydrogens is 182 g/mol. The SMILES string of the molecule is C#CCCOC(=O)N1CCC(O)CC1. The number of hydrogen-bond donors (Lipinski definition) is 1. The maximum absolute atomic E-state index is 11.3. The lowest BCUT2D eigenvalue weighted by molar-refractivity contribution is 0.0602. The first-order chi connectivity index (χ1) is 6.74. The number of terminal acetylenes is 1. The third kappa shape index (κ3) is 3.27. The molecule has 14 heavy (non-hydrogen) atoms. The van der Waals surface area contributed by atoms with Gasteiger partial charge in [-0.05, 0) is 12.8 Å². The van der Waals surface area contributed by atoms with Crippen LogP contribution in [0.5, 0.6) is 0 Å². The van der Waals surface area contributed by atoms with Gasteiger partial charge in [-0.25, -0.2) is 4.79 Å². The van der Waals surface area contributed by atoms with Crippen molar-refractivity contribution < 1.29 is 14.6 Å². The van der Waals surface area contributed by atoms with E-state index in [9.17, 15) is 9.90 Å². The Kier molecular flexibility index (Phi) is 4.27. The van der Waals surface area contributed by atoms with Crippen LogP contribution in [0.3, 0.4) is 0 Å². The van der Waals surface area contributed by atoms with Gasteiger partial charge in [-0.15, -0.1) is 12.3 Å². The molecule has 0 saturated carbocycles. The lowest BCUT2D eigenvalue weighted by Crippen LogP contribution is -2.40. The molecule has 0 bridgehead atoms. The van der Waals surface area contributed by atoms with Gasteiger partial charge in [0, 0.05) is 19.5 Å². The van der Waals surface area contributed by atoms with Gasteiger partial charge in [-0.1, -0.05) is 0 Å². The molecule has 1 saturated heterocycles. The van der Waals surface area contributed by atoms with Crippen LogP contribution in [-0.4, -0.2) is 41.9 Å². The minimum Gasteiger partial charge on any atom is -0.448 e. The molecule has 4 heteroatoms. The van der Waals surface area contributed by atoms with Gasteiger partial charge in [0.25, 0.3) is 0 Å². The van der Waals surface area contributed by atoms with Gasteiger partial charge < -0.3 is 14.7 Å². The molecule has 0 aromatic heterocycles. The Hall–Kier alpha value is -1.21. The van der Waals surface area contributed by atoms with Gasteiger partial charge in [-0.2, -0.15) is 0 Å². The molecular formula is C10H15NO3. The van der Waals surface area contributed by atoms with Crippen molar-refractivity contribution in [2.75, 3.05) is 19.7 Å². The predicted molar refractivity (Wildman–Crippen MR) is 51.6 cm³/mol. The summed E-state index contributed by atoms with van der Waals surface area (Å²) in [5.74, 6) is 2.40. The van der Waals surface area contributed by atoms with Crippen molar-refractivity contribution in [3.8, 4) is 12.3 Å². The molecule has 0 aromatic carbocycles. The maximum Gasteiger partial charge on any atom is 0.409 e. The molecule has 1 N–H and O–H groups in total. The highest BCUT2D eigenvalue weighted by molar-refractivity contribution is 5.67. The van der Waals surface area contributed by atoms with E-state index in [2.05, 4.69) is 5.92 Å². The average Bonchev–Trinajstić information content (AvgIpc) is 2.19. The first-order valence-electron chi connectivity index (χ1n) is 4.77. The Bertz CT molecular complexity index is 226. The number of aliphatic hydroxyl groups is 1. The summed E-state index contributed by atoms with van der Waals surface area (Å²) in [5, 5.41) is 9.22. The topological polar surface area (TPSA) is 49.8 Å². The van der Waals surface area contributed by atoms with Crippen molar-refractivity contribution in [3.63, 3.8) is 0 Å². The van der Waals surface area contributed by atoms with Crippen molar-refractivity contribution in [1.82, 2.24) is 4.90 Å². The van der Waals surface area contributed by atoms with E-state index in [1.165, 1.54) is 0 Å². The van der Waals surface area contributed by atoms with Gasteiger partial charge in [0.1, 0.15) is 6.61 Å². The number of ether oxygens (including phenoxy) is 1. The predicted octanol–water partition coefficient (Wildman–Crippen LogP) is 0.603. The number of aliphatic hydroxyl groups excluding tert-OH is 1. The average molecular weight is 197 g/mol. The van der Waals surface area contributed by atoms with Crippen molar-refractivity contribution in [1.29, 1.82) is 0 Å². The number of carbonyl (C=O) groups is 1. The summed E-state index contributed by atoms with van der Waals surface area (Å²) < 4.78 is 4.92. The third-order valence-electron chi connectivity index (χ3n) is 2.19. The van der Waals surface area contributed by atoms with E-state index >= 15 is 0 Å². The highest BCUT2D eigenvalue weighted by atomic mass is 16.6. The molecule has 1 aliphatic heterocycles. The summed E-state index contributed by atoms with van der Waals surface area (Å²) in [6.45, 7) is 1.40. The zero-order valence-corrected chi connectivity index (χ0v) is 8.11. The van der Waals surface area contributed by atoms with Crippen LogP contribution < -0.4 is 0 Å². The van der Waals surface area contributed by atoms with E-state index in [1.54, 1.807) is 4.90 Å². The third-order valence-corrected chi connectivity index (χ3v) is 2.19. The monoisotopic (exact) mass is 197 g/mol. The van der Waals surface area contributed by atoms with Gasteiger partial charge in [0.05, 0.1) is 6.10 Å². The molecule has 0 atom stereocenters. The summed E-state index contributed by atoms with van der Waals surface area (Å²) in [6, 6.07) is 0. The summed E-state index contributed by atoms with van der Waals surface area (Å²) in [6.07, 6.45) is 6.13. The highest BCUT2D eigenvalue weighted by Gasteiger charge is 2.21. The highest BCUT2D eigenvalue weighted by Crippen LogP contribution is 2.10. The number of carbonyl (C=O) groups excluding carboxylic acids is 1. The second-order valence-electron chi connectivity index (χ2n) is 3.29. The fourth-order valence-corrected chi connectivity index (χ4v) is 1.34. The standard InChI is InChI=1S/C10H15NO3/c1-2-3-8-14-10(13)11-6-4-9(12)5-7-11/h1,9,12H,3-8H2. The molecule has 1 aliphatic rings. The van der Waals surface area contributed by atoms with Gasteiger partial charge >= 0.3 is 6.09 Å². The van der Waals surface area contributed by atoms with Crippen LogP contribution in [0, 0.1) is 12.3 Å². The summed E-state index contributed by atoms with van der Waals surface area (Å²) in [4.78, 5) is 12.9. The maximum atomic E-state index is 11.3. The van der Waals surface area contributed by atoms with E-state index in [-0.39, 0.29) is 18.8 Å². The van der Waals surface area contributed by atoms with Crippen LogP contribution in [0.15, 0.2) is 0 Å². The molecule has 0 aromatic rings. The van der Waals surface area contributed by atoms with E-state index in [0.717, 1.165) is 0 Å². The normalized spacial score (nSPS) is 17.6. The summed E-state index contributed by atoms with van der Waals surface area (Å²) >= 11 is 0. The van der Waals surface area contributed by atoms with E-state index in [4.69, 9.17) is 11.2 Å². The Morgan fingerprint density at radius 3 is 2.79 bits per heavy atom. The molecule has 1 amide bonds. The lowest BCUT2D eigenvalue weighted by Gasteiger charge is -2.28. The van der Waals surface area contributed by atoms with Gasteiger partial charge in [0.15, 0.2) is 0 Å². The number of hydrogen-bond acceptors (Lipinski definition) is 3. The van der Waals surface area contributed by atoms with Crippen LogP contribution in [0.4, 0.5) is 4.79 Å². The van der Waals surface area contributed by atoms with Crippen LogP contribution in [0.25, 0.3) is 0 Å². The number of likely N-dealkylation sites (tertiary alicyclic amines) is 1. The smallest absolute Gasteiger partial charge is 0.409 e. The Morgan fingerprint density at radius 1 is 1.57 bits per heavy atom. The quantitative estimate of drug-likeness (QED) is 0.521. The second kappa shape index (κ2) is 5.51. The first-order valence-corrected chi connectivity index (χ1v) is 4.77. The molecule has 4 nitrogen and oxygen atoms in total. The molecule has 0 radical (unpaired) electrons. The Morgan fingerprint density at radius 2 is 2.21 bits per heavy atom. The van der Waals surface area contributed by atoms with Crippen molar-refractivity contribution >= 4 is 6.09 Å². The zero-order chi connectivity index (χ0) is 10.4.